The standard InChI is InChI=1S/C16H17NS/c17-10-3-6-14-13-5-2-1-4-12(13)7-8-16-15(14)9-11-18-16/h1-2,4-6,9,11H,3,7-8,10,17H2. The first kappa shape index (κ1) is 11.7. The molecule has 0 bridgehead atoms. The van der Waals surface area contributed by atoms with Gasteiger partial charge in [0, 0.05) is 4.88 Å². The van der Waals surface area contributed by atoms with Gasteiger partial charge in [0.1, 0.15) is 0 Å². The van der Waals surface area contributed by atoms with Crippen LogP contribution >= 0.6 is 11.3 Å². The molecule has 0 amide bonds. The normalized spacial score (nSPS) is 16.2. The summed E-state index contributed by atoms with van der Waals surface area (Å²) < 4.78 is 0. The summed E-state index contributed by atoms with van der Waals surface area (Å²) in [5.41, 5.74) is 11.3. The highest BCUT2D eigenvalue weighted by Gasteiger charge is 2.18. The van der Waals surface area contributed by atoms with Gasteiger partial charge in [-0.05, 0) is 59.5 Å². The molecule has 2 heteroatoms. The van der Waals surface area contributed by atoms with E-state index in [4.69, 9.17) is 5.73 Å². The minimum absolute atomic E-state index is 0.713. The highest BCUT2D eigenvalue weighted by atomic mass is 32.1. The Kier molecular flexibility index (Phi) is 3.31. The van der Waals surface area contributed by atoms with Crippen molar-refractivity contribution in [2.75, 3.05) is 6.54 Å². The molecule has 0 atom stereocenters. The maximum Gasteiger partial charge on any atom is 0.0127 e. The van der Waals surface area contributed by atoms with Crippen molar-refractivity contribution in [1.29, 1.82) is 0 Å². The molecule has 2 N–H and O–H groups in total. The molecule has 0 unspecified atom stereocenters. The Bertz CT molecular complexity index is 580. The van der Waals surface area contributed by atoms with Gasteiger partial charge in [0.2, 0.25) is 0 Å². The number of hydrogen-bond acceptors (Lipinski definition) is 2. The van der Waals surface area contributed by atoms with Crippen LogP contribution in [0.5, 0.6) is 0 Å². The van der Waals surface area contributed by atoms with Crippen molar-refractivity contribution >= 4 is 16.9 Å². The lowest BCUT2D eigenvalue weighted by molar-refractivity contribution is 0.985. The quantitative estimate of drug-likeness (QED) is 0.871. The van der Waals surface area contributed by atoms with Crippen molar-refractivity contribution in [2.24, 2.45) is 5.73 Å². The lowest BCUT2D eigenvalue weighted by Crippen LogP contribution is -1.97. The molecule has 1 aromatic heterocycles. The number of nitrogens with two attached hydrogens (primary N) is 1. The molecule has 1 aliphatic carbocycles. The van der Waals surface area contributed by atoms with Crippen molar-refractivity contribution in [3.63, 3.8) is 0 Å². The zero-order chi connectivity index (χ0) is 12.4. The van der Waals surface area contributed by atoms with E-state index in [1.54, 1.807) is 0 Å². The number of fused-ring (bicyclic) bond motifs is 2. The van der Waals surface area contributed by atoms with E-state index < -0.39 is 0 Å². The molecule has 1 aromatic carbocycles. The van der Waals surface area contributed by atoms with Crippen molar-refractivity contribution in [3.05, 3.63) is 63.4 Å². The van der Waals surface area contributed by atoms with E-state index in [2.05, 4.69) is 41.8 Å². The van der Waals surface area contributed by atoms with Crippen LogP contribution in [-0.2, 0) is 12.8 Å². The molecule has 0 saturated carbocycles. The summed E-state index contributed by atoms with van der Waals surface area (Å²) in [5, 5.41) is 2.20. The third kappa shape index (κ3) is 2.02. The first-order valence-electron chi connectivity index (χ1n) is 6.45. The average molecular weight is 255 g/mol. The lowest BCUT2D eigenvalue weighted by atomic mass is 9.95. The van der Waals surface area contributed by atoms with Gasteiger partial charge in [0.25, 0.3) is 0 Å². The predicted molar refractivity (Wildman–Crippen MR) is 78.9 cm³/mol. The van der Waals surface area contributed by atoms with Gasteiger partial charge < -0.3 is 5.73 Å². The second kappa shape index (κ2) is 5.09. The number of hydrogen-bond donors (Lipinski definition) is 1. The Morgan fingerprint density at radius 3 is 2.89 bits per heavy atom. The molecule has 2 aromatic rings. The number of thiophene rings is 1. The topological polar surface area (TPSA) is 26.0 Å². The van der Waals surface area contributed by atoms with Gasteiger partial charge in [-0.25, -0.2) is 0 Å². The van der Waals surface area contributed by atoms with Gasteiger partial charge in [-0.3, -0.25) is 0 Å². The smallest absolute Gasteiger partial charge is 0.0127 e. The fourth-order valence-electron chi connectivity index (χ4n) is 2.62. The second-order valence-corrected chi connectivity index (χ2v) is 5.61. The summed E-state index contributed by atoms with van der Waals surface area (Å²) in [6.07, 6.45) is 5.54. The van der Waals surface area contributed by atoms with Gasteiger partial charge in [0.15, 0.2) is 0 Å². The summed E-state index contributed by atoms with van der Waals surface area (Å²) in [7, 11) is 0. The zero-order valence-corrected chi connectivity index (χ0v) is 11.2. The first-order valence-corrected chi connectivity index (χ1v) is 7.33. The van der Waals surface area contributed by atoms with Crippen molar-refractivity contribution in [1.82, 2.24) is 0 Å². The molecule has 18 heavy (non-hydrogen) atoms. The summed E-state index contributed by atoms with van der Waals surface area (Å²) in [6, 6.07) is 11.0. The Morgan fingerprint density at radius 2 is 2.00 bits per heavy atom. The molecule has 0 spiro atoms. The van der Waals surface area contributed by atoms with E-state index in [0.29, 0.717) is 6.54 Å². The molecule has 1 heterocycles. The second-order valence-electron chi connectivity index (χ2n) is 4.61. The van der Waals surface area contributed by atoms with Crippen LogP contribution in [0.1, 0.15) is 28.0 Å². The molecule has 1 aliphatic rings. The van der Waals surface area contributed by atoms with E-state index in [-0.39, 0.29) is 0 Å². The van der Waals surface area contributed by atoms with Crippen molar-refractivity contribution < 1.29 is 0 Å². The number of benzene rings is 1. The van der Waals surface area contributed by atoms with Crippen molar-refractivity contribution in [3.8, 4) is 0 Å². The molecule has 0 fully saturated rings. The van der Waals surface area contributed by atoms with E-state index in [0.717, 1.165) is 19.3 Å². The van der Waals surface area contributed by atoms with Crippen LogP contribution in [0.4, 0.5) is 0 Å². The Morgan fingerprint density at radius 1 is 1.11 bits per heavy atom. The van der Waals surface area contributed by atoms with Crippen LogP contribution in [0, 0.1) is 0 Å². The Labute approximate surface area is 112 Å². The van der Waals surface area contributed by atoms with Crippen LogP contribution in [0.25, 0.3) is 5.57 Å². The SMILES string of the molecule is NCCC=C1c2ccccc2CCc2sccc21. The highest BCUT2D eigenvalue weighted by Crippen LogP contribution is 2.36. The van der Waals surface area contributed by atoms with Crippen LogP contribution in [0.2, 0.25) is 0 Å². The van der Waals surface area contributed by atoms with Crippen LogP contribution < -0.4 is 5.73 Å². The molecule has 0 aliphatic heterocycles. The fourth-order valence-corrected chi connectivity index (χ4v) is 3.51. The van der Waals surface area contributed by atoms with Gasteiger partial charge in [0.05, 0.1) is 0 Å². The zero-order valence-electron chi connectivity index (χ0n) is 10.4. The van der Waals surface area contributed by atoms with Crippen LogP contribution in [-0.4, -0.2) is 6.54 Å². The molecule has 3 rings (SSSR count). The summed E-state index contributed by atoms with van der Waals surface area (Å²) in [4.78, 5) is 1.51. The minimum Gasteiger partial charge on any atom is -0.330 e. The third-order valence-electron chi connectivity index (χ3n) is 3.48. The third-order valence-corrected chi connectivity index (χ3v) is 4.46. The highest BCUT2D eigenvalue weighted by molar-refractivity contribution is 7.10. The van der Waals surface area contributed by atoms with E-state index in [1.165, 1.54) is 27.1 Å². The molecule has 0 radical (unpaired) electrons. The van der Waals surface area contributed by atoms with Crippen LogP contribution in [0.15, 0.2) is 41.8 Å². The van der Waals surface area contributed by atoms with E-state index in [1.807, 2.05) is 11.3 Å². The maximum absolute atomic E-state index is 5.66. The first-order chi connectivity index (χ1) is 8.90. The summed E-state index contributed by atoms with van der Waals surface area (Å²) >= 11 is 1.87. The Hall–Kier alpha value is -1.38. The minimum atomic E-state index is 0.713. The largest absolute Gasteiger partial charge is 0.330 e. The molecule has 92 valence electrons. The van der Waals surface area contributed by atoms with Crippen LogP contribution in [0.3, 0.4) is 0 Å². The average Bonchev–Trinajstić information content (AvgIpc) is 2.81. The molecular formula is C16H17NS. The van der Waals surface area contributed by atoms with Gasteiger partial charge in [-0.2, -0.15) is 0 Å². The lowest BCUT2D eigenvalue weighted by Gasteiger charge is -2.09. The van der Waals surface area contributed by atoms with Gasteiger partial charge in [-0.1, -0.05) is 30.3 Å². The summed E-state index contributed by atoms with van der Waals surface area (Å²) in [5.74, 6) is 0. The van der Waals surface area contributed by atoms with Gasteiger partial charge in [-0.15, -0.1) is 11.3 Å². The summed E-state index contributed by atoms with van der Waals surface area (Å²) in [6.45, 7) is 0.713. The number of rotatable bonds is 2. The fraction of sp³-hybridized carbons (Fsp3) is 0.250. The van der Waals surface area contributed by atoms with E-state index in [9.17, 15) is 0 Å². The number of aryl methyl sites for hydroxylation is 2. The van der Waals surface area contributed by atoms with Crippen molar-refractivity contribution in [2.45, 2.75) is 19.3 Å². The molecule has 1 nitrogen and oxygen atoms in total. The predicted octanol–water partition coefficient (Wildman–Crippen LogP) is 3.63. The monoisotopic (exact) mass is 255 g/mol. The van der Waals surface area contributed by atoms with Gasteiger partial charge >= 0.3 is 0 Å². The molecule has 0 saturated heterocycles. The maximum atomic E-state index is 5.66. The Balaban J connectivity index is 2.17. The van der Waals surface area contributed by atoms with E-state index >= 15 is 0 Å². The molecular weight excluding hydrogens is 238 g/mol.